The minimum absolute atomic E-state index is 0.0558. The van der Waals surface area contributed by atoms with Crippen LogP contribution in [0.25, 0.3) is 0 Å². The van der Waals surface area contributed by atoms with Gasteiger partial charge in [0.1, 0.15) is 0 Å². The predicted octanol–water partition coefficient (Wildman–Crippen LogP) is 1.42. The van der Waals surface area contributed by atoms with Crippen LogP contribution < -0.4 is 5.32 Å². The van der Waals surface area contributed by atoms with Gasteiger partial charge in [0.25, 0.3) is 5.91 Å². The van der Waals surface area contributed by atoms with Crippen molar-refractivity contribution in [3.63, 3.8) is 0 Å². The molecule has 0 aromatic heterocycles. The third-order valence-electron chi connectivity index (χ3n) is 3.22. The number of anilines is 1. The Balaban J connectivity index is 2.05. The van der Waals surface area contributed by atoms with E-state index in [9.17, 15) is 14.4 Å². The van der Waals surface area contributed by atoms with Crippen LogP contribution in [-0.4, -0.2) is 42.4 Å². The fourth-order valence-electron chi connectivity index (χ4n) is 2.21. The van der Waals surface area contributed by atoms with Gasteiger partial charge in [0.2, 0.25) is 0 Å². The van der Waals surface area contributed by atoms with Gasteiger partial charge < -0.3 is 15.0 Å². The van der Waals surface area contributed by atoms with E-state index in [4.69, 9.17) is 0 Å². The van der Waals surface area contributed by atoms with Crippen molar-refractivity contribution in [2.24, 2.45) is 0 Å². The quantitative estimate of drug-likeness (QED) is 0.675. The first-order valence-corrected chi connectivity index (χ1v) is 6.99. The molecule has 0 radical (unpaired) electrons. The van der Waals surface area contributed by atoms with Crippen molar-refractivity contribution in [2.45, 2.75) is 19.8 Å². The molecule has 1 fully saturated rings. The average molecular weight is 290 g/mol. The molecular formula is C15H18N2O4. The smallest absolute Gasteiger partial charge is 0.397 e. The molecule has 0 aliphatic carbocycles. The van der Waals surface area contributed by atoms with Gasteiger partial charge in [-0.05, 0) is 38.0 Å². The van der Waals surface area contributed by atoms with Crippen LogP contribution in [0.4, 0.5) is 5.69 Å². The molecular weight excluding hydrogens is 272 g/mol. The zero-order valence-electron chi connectivity index (χ0n) is 11.9. The number of esters is 1. The second-order valence-corrected chi connectivity index (χ2v) is 4.75. The minimum atomic E-state index is -0.936. The largest absolute Gasteiger partial charge is 0.459 e. The molecule has 21 heavy (non-hydrogen) atoms. The number of hydrogen-bond acceptors (Lipinski definition) is 4. The van der Waals surface area contributed by atoms with Gasteiger partial charge in [0, 0.05) is 24.3 Å². The highest BCUT2D eigenvalue weighted by Gasteiger charge is 2.20. The van der Waals surface area contributed by atoms with Crippen molar-refractivity contribution in [3.8, 4) is 0 Å². The normalized spacial score (nSPS) is 13.9. The predicted molar refractivity (Wildman–Crippen MR) is 76.8 cm³/mol. The number of nitrogens with one attached hydrogen (secondary N) is 1. The van der Waals surface area contributed by atoms with Gasteiger partial charge in [-0.1, -0.05) is 6.07 Å². The number of carbonyl (C=O) groups excluding carboxylic acids is 3. The summed E-state index contributed by atoms with van der Waals surface area (Å²) in [6.45, 7) is 3.29. The first-order chi connectivity index (χ1) is 10.1. The van der Waals surface area contributed by atoms with Crippen molar-refractivity contribution < 1.29 is 19.1 Å². The molecule has 1 heterocycles. The van der Waals surface area contributed by atoms with Gasteiger partial charge in [-0.15, -0.1) is 0 Å². The highest BCUT2D eigenvalue weighted by Crippen LogP contribution is 2.16. The minimum Gasteiger partial charge on any atom is -0.459 e. The number of amides is 2. The molecule has 0 saturated carbocycles. The lowest BCUT2D eigenvalue weighted by molar-refractivity contribution is -0.152. The molecule has 1 saturated heterocycles. The fraction of sp³-hybridized carbons (Fsp3) is 0.400. The maximum Gasteiger partial charge on any atom is 0.397 e. The van der Waals surface area contributed by atoms with E-state index in [1.54, 1.807) is 36.1 Å². The van der Waals surface area contributed by atoms with E-state index in [2.05, 4.69) is 10.1 Å². The van der Waals surface area contributed by atoms with Gasteiger partial charge in [-0.2, -0.15) is 0 Å². The van der Waals surface area contributed by atoms with Gasteiger partial charge >= 0.3 is 11.9 Å². The number of rotatable bonds is 3. The summed E-state index contributed by atoms with van der Waals surface area (Å²) in [5.41, 5.74) is 0.900. The Labute approximate surface area is 123 Å². The number of likely N-dealkylation sites (tertiary alicyclic amines) is 1. The lowest BCUT2D eigenvalue weighted by atomic mass is 10.1. The summed E-state index contributed by atoms with van der Waals surface area (Å²) in [6.07, 6.45) is 2.04. The highest BCUT2D eigenvalue weighted by atomic mass is 16.5. The van der Waals surface area contributed by atoms with E-state index in [0.717, 1.165) is 25.9 Å². The Morgan fingerprint density at radius 2 is 1.95 bits per heavy atom. The Morgan fingerprint density at radius 3 is 2.62 bits per heavy atom. The zero-order chi connectivity index (χ0) is 15.2. The molecule has 1 aliphatic rings. The number of benzene rings is 1. The molecule has 0 bridgehead atoms. The van der Waals surface area contributed by atoms with Crippen molar-refractivity contribution in [3.05, 3.63) is 29.8 Å². The topological polar surface area (TPSA) is 75.7 Å². The van der Waals surface area contributed by atoms with Crippen molar-refractivity contribution in [1.29, 1.82) is 0 Å². The van der Waals surface area contributed by atoms with E-state index in [1.165, 1.54) is 0 Å². The fourth-order valence-corrected chi connectivity index (χ4v) is 2.21. The maximum atomic E-state index is 12.2. The number of carbonyl (C=O) groups is 3. The third-order valence-corrected chi connectivity index (χ3v) is 3.22. The molecule has 0 atom stereocenters. The molecule has 2 rings (SSSR count). The van der Waals surface area contributed by atoms with Crippen LogP contribution in [0, 0.1) is 0 Å². The molecule has 1 aromatic rings. The highest BCUT2D eigenvalue weighted by molar-refractivity contribution is 6.37. The monoisotopic (exact) mass is 290 g/mol. The summed E-state index contributed by atoms with van der Waals surface area (Å²) < 4.78 is 4.61. The number of hydrogen-bond donors (Lipinski definition) is 1. The zero-order valence-corrected chi connectivity index (χ0v) is 11.9. The Morgan fingerprint density at radius 1 is 1.24 bits per heavy atom. The average Bonchev–Trinajstić information content (AvgIpc) is 3.01. The standard InChI is InChI=1S/C15H18N2O4/c1-2-21-15(20)13(18)16-12-7-5-6-11(10-12)14(19)17-8-3-4-9-17/h5-7,10H,2-4,8-9H2,1H3,(H,16,18). The van der Waals surface area contributed by atoms with Gasteiger partial charge in [0.05, 0.1) is 6.61 Å². The second-order valence-electron chi connectivity index (χ2n) is 4.75. The van der Waals surface area contributed by atoms with Gasteiger partial charge in [-0.25, -0.2) is 4.79 Å². The Hall–Kier alpha value is -2.37. The first kappa shape index (κ1) is 15.0. The summed E-state index contributed by atoms with van der Waals surface area (Å²) >= 11 is 0. The van der Waals surface area contributed by atoms with Gasteiger partial charge in [0.15, 0.2) is 0 Å². The number of nitrogens with zero attached hydrogens (tertiary/aromatic N) is 1. The molecule has 6 nitrogen and oxygen atoms in total. The van der Waals surface area contributed by atoms with Crippen LogP contribution in [0.15, 0.2) is 24.3 Å². The van der Waals surface area contributed by atoms with E-state index >= 15 is 0 Å². The van der Waals surface area contributed by atoms with Crippen LogP contribution in [0.5, 0.6) is 0 Å². The molecule has 0 unspecified atom stereocenters. The molecule has 112 valence electrons. The summed E-state index contributed by atoms with van der Waals surface area (Å²) in [6, 6.07) is 6.56. The van der Waals surface area contributed by atoms with Crippen molar-refractivity contribution in [2.75, 3.05) is 25.0 Å². The maximum absolute atomic E-state index is 12.2. The molecule has 1 N–H and O–H groups in total. The Bertz CT molecular complexity index is 550. The van der Waals surface area contributed by atoms with Crippen LogP contribution in [0.2, 0.25) is 0 Å². The van der Waals surface area contributed by atoms with E-state index < -0.39 is 11.9 Å². The second kappa shape index (κ2) is 6.88. The Kier molecular flexibility index (Phi) is 4.92. The van der Waals surface area contributed by atoms with Gasteiger partial charge in [-0.3, -0.25) is 9.59 Å². The molecule has 6 heteroatoms. The summed E-state index contributed by atoms with van der Waals surface area (Å²) in [5.74, 6) is -1.84. The summed E-state index contributed by atoms with van der Waals surface area (Å²) in [4.78, 5) is 36.9. The van der Waals surface area contributed by atoms with E-state index in [-0.39, 0.29) is 12.5 Å². The molecule has 0 spiro atoms. The van der Waals surface area contributed by atoms with Crippen LogP contribution >= 0.6 is 0 Å². The first-order valence-electron chi connectivity index (χ1n) is 6.99. The number of ether oxygens (including phenoxy) is 1. The molecule has 2 amide bonds. The lowest BCUT2D eigenvalue weighted by Crippen LogP contribution is -2.28. The SMILES string of the molecule is CCOC(=O)C(=O)Nc1cccc(C(=O)N2CCCC2)c1. The van der Waals surface area contributed by atoms with Crippen LogP contribution in [0.1, 0.15) is 30.1 Å². The summed E-state index contributed by atoms with van der Waals surface area (Å²) in [5, 5.41) is 2.43. The van der Waals surface area contributed by atoms with E-state index in [0.29, 0.717) is 11.3 Å². The van der Waals surface area contributed by atoms with Crippen LogP contribution in [0.3, 0.4) is 0 Å². The van der Waals surface area contributed by atoms with Crippen LogP contribution in [-0.2, 0) is 14.3 Å². The van der Waals surface area contributed by atoms with Crippen molar-refractivity contribution in [1.82, 2.24) is 4.90 Å². The molecule has 1 aliphatic heterocycles. The lowest BCUT2D eigenvalue weighted by Gasteiger charge is -2.15. The van der Waals surface area contributed by atoms with E-state index in [1.807, 2.05) is 0 Å². The summed E-state index contributed by atoms with van der Waals surface area (Å²) in [7, 11) is 0. The van der Waals surface area contributed by atoms with Crippen molar-refractivity contribution >= 4 is 23.5 Å². The molecule has 1 aromatic carbocycles. The third kappa shape index (κ3) is 3.81.